The fourth-order valence-corrected chi connectivity index (χ4v) is 3.86. The van der Waals surface area contributed by atoms with Gasteiger partial charge in [-0.05, 0) is 29.7 Å². The normalized spacial score (nSPS) is 13.8. The first-order valence-electron chi connectivity index (χ1n) is 9.47. The highest BCUT2D eigenvalue weighted by atomic mass is 16.2. The van der Waals surface area contributed by atoms with Gasteiger partial charge in [0, 0.05) is 51.8 Å². The van der Waals surface area contributed by atoms with Crippen molar-refractivity contribution in [1.82, 2.24) is 19.0 Å². The number of nitrogens with zero attached hydrogens (tertiary/aromatic N) is 4. The summed E-state index contributed by atoms with van der Waals surface area (Å²) in [4.78, 5) is 31.2. The smallest absolute Gasteiger partial charge is 0.250 e. The van der Waals surface area contributed by atoms with Crippen LogP contribution in [-0.2, 0) is 37.8 Å². The van der Waals surface area contributed by atoms with Gasteiger partial charge in [0.1, 0.15) is 5.82 Å². The molecule has 0 aliphatic carbocycles. The summed E-state index contributed by atoms with van der Waals surface area (Å²) in [6.45, 7) is 3.97. The molecule has 0 radical (unpaired) electrons. The maximum atomic E-state index is 12.8. The summed E-state index contributed by atoms with van der Waals surface area (Å²) in [6, 6.07) is 9.76. The number of imidazole rings is 1. The third-order valence-electron chi connectivity index (χ3n) is 5.37. The van der Waals surface area contributed by atoms with Crippen molar-refractivity contribution >= 4 is 16.9 Å². The van der Waals surface area contributed by atoms with E-state index in [0.29, 0.717) is 26.1 Å². The molecule has 6 heteroatoms. The SMILES string of the molecule is CCc1nc2ccccc2n1CCC(=O)N1CCc2cc(=O)n(C)cc2C1. The quantitative estimate of drug-likeness (QED) is 0.714. The zero-order valence-electron chi connectivity index (χ0n) is 15.8. The number of amides is 1. The number of aromatic nitrogens is 3. The number of aryl methyl sites for hydroxylation is 3. The summed E-state index contributed by atoms with van der Waals surface area (Å²) >= 11 is 0. The molecular weight excluding hydrogens is 340 g/mol. The minimum Gasteiger partial charge on any atom is -0.338 e. The van der Waals surface area contributed by atoms with E-state index in [1.165, 1.54) is 0 Å². The van der Waals surface area contributed by atoms with E-state index in [-0.39, 0.29) is 11.5 Å². The second kappa shape index (κ2) is 7.02. The van der Waals surface area contributed by atoms with Crippen LogP contribution in [0.1, 0.15) is 30.3 Å². The maximum absolute atomic E-state index is 12.8. The molecule has 0 saturated heterocycles. The first-order valence-corrected chi connectivity index (χ1v) is 9.47. The fraction of sp³-hybridized carbons (Fsp3) is 0.381. The van der Waals surface area contributed by atoms with Crippen molar-refractivity contribution in [3.63, 3.8) is 0 Å². The van der Waals surface area contributed by atoms with E-state index in [1.54, 1.807) is 17.7 Å². The Morgan fingerprint density at radius 2 is 2.04 bits per heavy atom. The van der Waals surface area contributed by atoms with E-state index in [1.807, 2.05) is 29.3 Å². The number of hydrogen-bond acceptors (Lipinski definition) is 3. The van der Waals surface area contributed by atoms with Gasteiger partial charge in [0.2, 0.25) is 5.91 Å². The zero-order chi connectivity index (χ0) is 19.0. The maximum Gasteiger partial charge on any atom is 0.250 e. The third kappa shape index (κ3) is 3.27. The molecule has 4 rings (SSSR count). The number of para-hydroxylation sites is 2. The molecule has 1 aliphatic heterocycles. The summed E-state index contributed by atoms with van der Waals surface area (Å²) in [6.07, 6.45) is 3.89. The van der Waals surface area contributed by atoms with Crippen LogP contribution in [0.5, 0.6) is 0 Å². The van der Waals surface area contributed by atoms with Crippen molar-refractivity contribution in [3.8, 4) is 0 Å². The second-order valence-electron chi connectivity index (χ2n) is 7.11. The fourth-order valence-electron chi connectivity index (χ4n) is 3.86. The molecule has 0 unspecified atom stereocenters. The first-order chi connectivity index (χ1) is 13.1. The first kappa shape index (κ1) is 17.5. The third-order valence-corrected chi connectivity index (χ3v) is 5.37. The molecule has 0 spiro atoms. The molecule has 3 aromatic rings. The van der Waals surface area contributed by atoms with E-state index >= 15 is 0 Å². The number of carbonyl (C=O) groups is 1. The van der Waals surface area contributed by atoms with Crippen LogP contribution in [0.15, 0.2) is 41.3 Å². The molecule has 1 aliphatic rings. The number of pyridine rings is 1. The van der Waals surface area contributed by atoms with Crippen molar-refractivity contribution in [2.75, 3.05) is 6.54 Å². The van der Waals surface area contributed by atoms with Crippen LogP contribution in [-0.4, -0.2) is 31.5 Å². The number of rotatable bonds is 4. The molecule has 0 atom stereocenters. The zero-order valence-corrected chi connectivity index (χ0v) is 15.8. The molecule has 2 aromatic heterocycles. The average molecular weight is 364 g/mol. The number of benzene rings is 1. The minimum atomic E-state index is 0.00704. The lowest BCUT2D eigenvalue weighted by Crippen LogP contribution is -2.37. The Balaban J connectivity index is 1.49. The van der Waals surface area contributed by atoms with Gasteiger partial charge in [-0.3, -0.25) is 9.59 Å². The predicted octanol–water partition coefficient (Wildman–Crippen LogP) is 2.27. The molecule has 140 valence electrons. The summed E-state index contributed by atoms with van der Waals surface area (Å²) in [5.74, 6) is 1.16. The largest absolute Gasteiger partial charge is 0.338 e. The van der Waals surface area contributed by atoms with E-state index < -0.39 is 0 Å². The Kier molecular flexibility index (Phi) is 4.56. The number of hydrogen-bond donors (Lipinski definition) is 0. The van der Waals surface area contributed by atoms with E-state index in [0.717, 1.165) is 40.8 Å². The van der Waals surface area contributed by atoms with E-state index in [4.69, 9.17) is 0 Å². The van der Waals surface area contributed by atoms with Crippen LogP contribution < -0.4 is 5.56 Å². The van der Waals surface area contributed by atoms with Gasteiger partial charge >= 0.3 is 0 Å². The van der Waals surface area contributed by atoms with Crippen molar-refractivity contribution in [2.24, 2.45) is 7.05 Å². The van der Waals surface area contributed by atoms with E-state index in [2.05, 4.69) is 22.5 Å². The highest BCUT2D eigenvalue weighted by Gasteiger charge is 2.22. The van der Waals surface area contributed by atoms with Crippen LogP contribution in [0.2, 0.25) is 0 Å². The number of carbonyl (C=O) groups excluding carboxylic acids is 1. The Morgan fingerprint density at radius 1 is 1.22 bits per heavy atom. The topological polar surface area (TPSA) is 60.1 Å². The van der Waals surface area contributed by atoms with Gasteiger partial charge < -0.3 is 14.0 Å². The predicted molar refractivity (Wildman–Crippen MR) is 105 cm³/mol. The van der Waals surface area contributed by atoms with Crippen LogP contribution in [0, 0.1) is 0 Å². The molecule has 1 aromatic carbocycles. The molecule has 0 saturated carbocycles. The Morgan fingerprint density at radius 3 is 2.85 bits per heavy atom. The van der Waals surface area contributed by atoms with Crippen LogP contribution in [0.4, 0.5) is 0 Å². The Hall–Kier alpha value is -2.89. The van der Waals surface area contributed by atoms with Crippen molar-refractivity contribution in [2.45, 2.75) is 39.3 Å². The summed E-state index contributed by atoms with van der Waals surface area (Å²) in [5, 5.41) is 0. The van der Waals surface area contributed by atoms with Gasteiger partial charge in [0.25, 0.3) is 5.56 Å². The van der Waals surface area contributed by atoms with Crippen LogP contribution >= 0.6 is 0 Å². The molecule has 0 bridgehead atoms. The standard InChI is InChI=1S/C21H24N4O2/c1-3-19-22-17-6-4-5-7-18(17)25(19)11-9-20(26)24-10-8-15-12-21(27)23(2)13-16(15)14-24/h4-7,12-13H,3,8-11,14H2,1-2H3. The van der Waals surface area contributed by atoms with Gasteiger partial charge in [-0.2, -0.15) is 0 Å². The van der Waals surface area contributed by atoms with Crippen LogP contribution in [0.25, 0.3) is 11.0 Å². The van der Waals surface area contributed by atoms with Gasteiger partial charge in [-0.25, -0.2) is 4.98 Å². The molecule has 0 N–H and O–H groups in total. The van der Waals surface area contributed by atoms with Crippen molar-refractivity contribution in [3.05, 3.63) is 63.8 Å². The highest BCUT2D eigenvalue weighted by molar-refractivity contribution is 5.78. The Labute approximate surface area is 158 Å². The molecular formula is C21H24N4O2. The summed E-state index contributed by atoms with van der Waals surface area (Å²) < 4.78 is 3.74. The van der Waals surface area contributed by atoms with Gasteiger partial charge in [0.15, 0.2) is 0 Å². The van der Waals surface area contributed by atoms with Gasteiger partial charge in [-0.15, -0.1) is 0 Å². The van der Waals surface area contributed by atoms with Gasteiger partial charge in [0.05, 0.1) is 11.0 Å². The molecule has 3 heterocycles. The number of fused-ring (bicyclic) bond motifs is 2. The lowest BCUT2D eigenvalue weighted by atomic mass is 10.0. The van der Waals surface area contributed by atoms with Crippen LogP contribution in [0.3, 0.4) is 0 Å². The summed E-state index contributed by atoms with van der Waals surface area (Å²) in [5.41, 5.74) is 4.21. The highest BCUT2D eigenvalue weighted by Crippen LogP contribution is 2.20. The monoisotopic (exact) mass is 364 g/mol. The van der Waals surface area contributed by atoms with Crippen molar-refractivity contribution in [1.29, 1.82) is 0 Å². The molecule has 6 nitrogen and oxygen atoms in total. The molecule has 0 fully saturated rings. The Bertz CT molecular complexity index is 1060. The van der Waals surface area contributed by atoms with Crippen molar-refractivity contribution < 1.29 is 4.79 Å². The minimum absolute atomic E-state index is 0.00704. The molecule has 1 amide bonds. The van der Waals surface area contributed by atoms with Gasteiger partial charge in [-0.1, -0.05) is 19.1 Å². The summed E-state index contributed by atoms with van der Waals surface area (Å²) in [7, 11) is 1.75. The lowest BCUT2D eigenvalue weighted by Gasteiger charge is -2.29. The second-order valence-corrected chi connectivity index (χ2v) is 7.11. The van der Waals surface area contributed by atoms with E-state index in [9.17, 15) is 9.59 Å². The lowest BCUT2D eigenvalue weighted by molar-refractivity contribution is -0.132. The average Bonchev–Trinajstić information content (AvgIpc) is 3.04. The molecule has 27 heavy (non-hydrogen) atoms.